The summed E-state index contributed by atoms with van der Waals surface area (Å²) in [6.45, 7) is 4.41. The van der Waals surface area contributed by atoms with Crippen LogP contribution in [0.4, 0.5) is 10.1 Å². The standard InChI is InChI=1S/C26H27FN6O2/c1-18(2)10-15-29-26(35)25(19-11-13-28-14-12-19)33(21-7-5-6-20(27)16-21)24(34)17-32-23-9-4-3-8-22(23)30-31-32/h3-9,11-14,16,18,25H,10,15,17H2,1-2H3,(H,29,35)/t25-/m0/s1. The van der Waals surface area contributed by atoms with Crippen molar-refractivity contribution in [2.24, 2.45) is 5.92 Å². The highest BCUT2D eigenvalue weighted by molar-refractivity contribution is 6.01. The molecule has 1 N–H and O–H groups in total. The second-order valence-electron chi connectivity index (χ2n) is 8.64. The Kier molecular flexibility index (Phi) is 7.45. The number of nitrogens with zero attached hydrogens (tertiary/aromatic N) is 5. The van der Waals surface area contributed by atoms with Crippen LogP contribution in [0, 0.1) is 11.7 Å². The maximum Gasteiger partial charge on any atom is 0.249 e. The van der Waals surface area contributed by atoms with Crippen LogP contribution in [-0.4, -0.2) is 38.3 Å². The number of carbonyl (C=O) groups excluding carboxylic acids is 2. The van der Waals surface area contributed by atoms with Gasteiger partial charge in [0.05, 0.1) is 5.52 Å². The number of hydrogen-bond acceptors (Lipinski definition) is 5. The predicted octanol–water partition coefficient (Wildman–Crippen LogP) is 3.90. The molecule has 2 aromatic carbocycles. The second kappa shape index (κ2) is 10.9. The largest absolute Gasteiger partial charge is 0.354 e. The summed E-state index contributed by atoms with van der Waals surface area (Å²) in [7, 11) is 0. The summed E-state index contributed by atoms with van der Waals surface area (Å²) in [6, 6.07) is 15.3. The Labute approximate surface area is 202 Å². The summed E-state index contributed by atoms with van der Waals surface area (Å²) < 4.78 is 15.7. The monoisotopic (exact) mass is 474 g/mol. The molecule has 8 nitrogen and oxygen atoms in total. The highest BCUT2D eigenvalue weighted by atomic mass is 19.1. The third kappa shape index (κ3) is 5.68. The number of benzene rings is 2. The maximum absolute atomic E-state index is 14.3. The molecule has 180 valence electrons. The molecule has 0 aliphatic heterocycles. The number of hydrogen-bond donors (Lipinski definition) is 1. The van der Waals surface area contributed by atoms with Crippen molar-refractivity contribution in [2.45, 2.75) is 32.9 Å². The third-order valence-electron chi connectivity index (χ3n) is 5.61. The van der Waals surface area contributed by atoms with Crippen LogP contribution in [0.2, 0.25) is 0 Å². The van der Waals surface area contributed by atoms with Gasteiger partial charge in [0.15, 0.2) is 0 Å². The molecule has 1 atom stereocenters. The average molecular weight is 475 g/mol. The fraction of sp³-hybridized carbons (Fsp3) is 0.269. The van der Waals surface area contributed by atoms with Gasteiger partial charge in [-0.25, -0.2) is 9.07 Å². The van der Waals surface area contributed by atoms with Gasteiger partial charge in [0.2, 0.25) is 11.8 Å². The average Bonchev–Trinajstić information content (AvgIpc) is 3.25. The fourth-order valence-electron chi connectivity index (χ4n) is 3.85. The van der Waals surface area contributed by atoms with Crippen molar-refractivity contribution in [3.05, 3.63) is 84.4 Å². The molecule has 2 heterocycles. The summed E-state index contributed by atoms with van der Waals surface area (Å²) in [6.07, 6.45) is 3.90. The van der Waals surface area contributed by atoms with Crippen LogP contribution in [0.25, 0.3) is 11.0 Å². The summed E-state index contributed by atoms with van der Waals surface area (Å²) in [5, 5.41) is 11.2. The first kappa shape index (κ1) is 24.0. The van der Waals surface area contributed by atoms with E-state index in [1.165, 1.54) is 27.8 Å². The van der Waals surface area contributed by atoms with Gasteiger partial charge in [-0.1, -0.05) is 37.3 Å². The lowest BCUT2D eigenvalue weighted by Gasteiger charge is -2.31. The van der Waals surface area contributed by atoms with Gasteiger partial charge in [-0.3, -0.25) is 19.5 Å². The lowest BCUT2D eigenvalue weighted by molar-refractivity contribution is -0.127. The molecule has 4 rings (SSSR count). The first-order valence-electron chi connectivity index (χ1n) is 11.5. The zero-order valence-electron chi connectivity index (χ0n) is 19.6. The Morgan fingerprint density at radius 2 is 1.83 bits per heavy atom. The molecule has 0 spiro atoms. The number of pyridine rings is 1. The Balaban J connectivity index is 1.74. The fourth-order valence-corrected chi connectivity index (χ4v) is 3.85. The second-order valence-corrected chi connectivity index (χ2v) is 8.64. The lowest BCUT2D eigenvalue weighted by atomic mass is 10.0. The molecule has 0 bridgehead atoms. The third-order valence-corrected chi connectivity index (χ3v) is 5.61. The SMILES string of the molecule is CC(C)CCNC(=O)[C@H](c1ccncc1)N(C(=O)Cn1nnc2ccccc21)c1cccc(F)c1. The van der Waals surface area contributed by atoms with Crippen molar-refractivity contribution in [1.29, 1.82) is 0 Å². The normalized spacial score (nSPS) is 12.0. The molecule has 2 amide bonds. The molecule has 0 fully saturated rings. The number of halogens is 1. The Bertz CT molecular complexity index is 1310. The van der Waals surface area contributed by atoms with Crippen LogP contribution < -0.4 is 10.2 Å². The number of aromatic nitrogens is 4. The smallest absolute Gasteiger partial charge is 0.249 e. The van der Waals surface area contributed by atoms with E-state index in [1.54, 1.807) is 36.7 Å². The van der Waals surface area contributed by atoms with Crippen LogP contribution >= 0.6 is 0 Å². The molecule has 0 aliphatic carbocycles. The van der Waals surface area contributed by atoms with Crippen LogP contribution in [0.1, 0.15) is 31.9 Å². The molecule has 0 saturated carbocycles. The van der Waals surface area contributed by atoms with Crippen molar-refractivity contribution in [1.82, 2.24) is 25.3 Å². The van der Waals surface area contributed by atoms with Gasteiger partial charge in [0, 0.05) is 24.6 Å². The zero-order chi connectivity index (χ0) is 24.8. The van der Waals surface area contributed by atoms with Gasteiger partial charge >= 0.3 is 0 Å². The van der Waals surface area contributed by atoms with Crippen LogP contribution in [-0.2, 0) is 16.1 Å². The Hall–Kier alpha value is -4.14. The van der Waals surface area contributed by atoms with Crippen LogP contribution in [0.3, 0.4) is 0 Å². The minimum Gasteiger partial charge on any atom is -0.354 e. The highest BCUT2D eigenvalue weighted by Crippen LogP contribution is 2.29. The minimum atomic E-state index is -1.03. The summed E-state index contributed by atoms with van der Waals surface area (Å²) in [4.78, 5) is 32.6. The van der Waals surface area contributed by atoms with Gasteiger partial charge in [-0.2, -0.15) is 0 Å². The van der Waals surface area contributed by atoms with E-state index in [2.05, 4.69) is 34.5 Å². The van der Waals surface area contributed by atoms with Crippen molar-refractivity contribution in [2.75, 3.05) is 11.4 Å². The van der Waals surface area contributed by atoms with Crippen molar-refractivity contribution < 1.29 is 14.0 Å². The van der Waals surface area contributed by atoms with Crippen molar-refractivity contribution in [3.8, 4) is 0 Å². The first-order valence-corrected chi connectivity index (χ1v) is 11.5. The number of anilines is 1. The molecule has 35 heavy (non-hydrogen) atoms. The molecule has 0 saturated heterocycles. The summed E-state index contributed by atoms with van der Waals surface area (Å²) in [5.74, 6) is -0.915. The number of fused-ring (bicyclic) bond motifs is 1. The first-order chi connectivity index (χ1) is 16.9. The van der Waals surface area contributed by atoms with E-state index in [4.69, 9.17) is 0 Å². The number of carbonyl (C=O) groups is 2. The van der Waals surface area contributed by atoms with Gasteiger partial charge in [0.25, 0.3) is 0 Å². The van der Waals surface area contributed by atoms with E-state index < -0.39 is 17.8 Å². The molecule has 2 aromatic heterocycles. The number of para-hydroxylation sites is 1. The summed E-state index contributed by atoms with van der Waals surface area (Å²) in [5.41, 5.74) is 2.15. The molecule has 9 heteroatoms. The lowest BCUT2D eigenvalue weighted by Crippen LogP contribution is -2.45. The molecule has 0 unspecified atom stereocenters. The highest BCUT2D eigenvalue weighted by Gasteiger charge is 2.33. The van der Waals surface area contributed by atoms with Gasteiger partial charge < -0.3 is 5.32 Å². The van der Waals surface area contributed by atoms with E-state index in [9.17, 15) is 14.0 Å². The van der Waals surface area contributed by atoms with E-state index in [0.29, 0.717) is 29.1 Å². The quantitative estimate of drug-likeness (QED) is 0.397. The molecular formula is C26H27FN6O2. The van der Waals surface area contributed by atoms with E-state index in [1.807, 2.05) is 18.2 Å². The van der Waals surface area contributed by atoms with E-state index >= 15 is 0 Å². The van der Waals surface area contributed by atoms with Crippen LogP contribution in [0.5, 0.6) is 0 Å². The predicted molar refractivity (Wildman–Crippen MR) is 131 cm³/mol. The van der Waals surface area contributed by atoms with Gasteiger partial charge in [0.1, 0.15) is 23.9 Å². The number of amides is 2. The van der Waals surface area contributed by atoms with Gasteiger partial charge in [-0.05, 0) is 60.4 Å². The number of rotatable bonds is 9. The van der Waals surface area contributed by atoms with E-state index in [0.717, 1.165) is 6.42 Å². The van der Waals surface area contributed by atoms with Crippen LogP contribution in [0.15, 0.2) is 73.1 Å². The van der Waals surface area contributed by atoms with E-state index in [-0.39, 0.29) is 18.1 Å². The topological polar surface area (TPSA) is 93.0 Å². The summed E-state index contributed by atoms with van der Waals surface area (Å²) >= 11 is 0. The van der Waals surface area contributed by atoms with Gasteiger partial charge in [-0.15, -0.1) is 5.10 Å². The Morgan fingerprint density at radius 1 is 1.06 bits per heavy atom. The minimum absolute atomic E-state index is 0.183. The van der Waals surface area contributed by atoms with Crippen molar-refractivity contribution in [3.63, 3.8) is 0 Å². The maximum atomic E-state index is 14.3. The molecule has 0 aliphatic rings. The molecule has 0 radical (unpaired) electrons. The Morgan fingerprint density at radius 3 is 2.57 bits per heavy atom. The molecule has 4 aromatic rings. The van der Waals surface area contributed by atoms with Crippen molar-refractivity contribution >= 4 is 28.5 Å². The molecular weight excluding hydrogens is 447 g/mol. The number of nitrogens with one attached hydrogen (secondary N) is 1. The zero-order valence-corrected chi connectivity index (χ0v) is 19.6.